The summed E-state index contributed by atoms with van der Waals surface area (Å²) in [5, 5.41) is 0.0808. The van der Waals surface area contributed by atoms with Crippen LogP contribution in [-0.2, 0) is 9.30 Å². The van der Waals surface area contributed by atoms with E-state index in [1.807, 2.05) is 0 Å². The number of benzene rings is 1. The summed E-state index contributed by atoms with van der Waals surface area (Å²) in [6.45, 7) is 0. The van der Waals surface area contributed by atoms with Crippen molar-refractivity contribution < 1.29 is 23.6 Å². The third kappa shape index (κ3) is 3.91. The number of phosphoric ester groups is 1. The molecule has 0 amide bonds. The second-order valence-electron chi connectivity index (χ2n) is 7.89. The Morgan fingerprint density at radius 3 is 2.71 bits per heavy atom. The molecule has 0 spiro atoms. The van der Waals surface area contributed by atoms with E-state index in [4.69, 9.17) is 16.3 Å². The number of hydrogen-bond acceptors (Lipinski definition) is 5. The highest BCUT2D eigenvalue weighted by Gasteiger charge is 2.39. The van der Waals surface area contributed by atoms with Gasteiger partial charge in [-0.05, 0) is 74.6 Å². The molecule has 2 atom stereocenters. The van der Waals surface area contributed by atoms with E-state index >= 15 is 0 Å². The zero-order valence-electron chi connectivity index (χ0n) is 15.9. The molecule has 4 rings (SSSR count). The molecule has 28 heavy (non-hydrogen) atoms. The summed E-state index contributed by atoms with van der Waals surface area (Å²) in [7, 11) is -3.55. The van der Waals surface area contributed by atoms with E-state index in [0.717, 1.165) is 31.4 Å². The van der Waals surface area contributed by atoms with Gasteiger partial charge in [-0.15, -0.1) is 0 Å². The predicted octanol–water partition coefficient (Wildman–Crippen LogP) is 4.60. The Labute approximate surface area is 170 Å². The first-order chi connectivity index (χ1) is 13.4. The first-order valence-corrected chi connectivity index (χ1v) is 11.7. The van der Waals surface area contributed by atoms with Gasteiger partial charge in [-0.2, -0.15) is 0 Å². The minimum Gasteiger partial charge on any atom is -0.780 e. The molecule has 1 saturated carbocycles. The van der Waals surface area contributed by atoms with Crippen molar-refractivity contribution in [3.63, 3.8) is 0 Å². The summed E-state index contributed by atoms with van der Waals surface area (Å²) in [6, 6.07) is 4.84. The Morgan fingerprint density at radius 1 is 1.18 bits per heavy atom. The summed E-state index contributed by atoms with van der Waals surface area (Å²) in [4.78, 5) is 22.1. The van der Waals surface area contributed by atoms with Crippen molar-refractivity contribution in [1.82, 2.24) is 0 Å². The molecule has 1 fully saturated rings. The zero-order valence-corrected chi connectivity index (χ0v) is 17.6. The Balaban J connectivity index is 1.80. The maximum Gasteiger partial charge on any atom is 0.143 e. The molecular weight excluding hydrogens is 399 g/mol. The third-order valence-electron chi connectivity index (χ3n) is 6.27. The summed E-state index contributed by atoms with van der Waals surface area (Å²) in [6.07, 6.45) is 9.51. The van der Waals surface area contributed by atoms with Gasteiger partial charge in [0, 0.05) is 11.5 Å². The number of rotatable bonds is 4. The van der Waals surface area contributed by atoms with Gasteiger partial charge in [-0.3, -0.25) is 0 Å². The van der Waals surface area contributed by atoms with Crippen LogP contribution >= 0.6 is 19.4 Å². The smallest absolute Gasteiger partial charge is 0.143 e. The Hall–Kier alpha value is -1.26. The predicted molar refractivity (Wildman–Crippen MR) is 105 cm³/mol. The van der Waals surface area contributed by atoms with Crippen LogP contribution in [0.4, 0.5) is 0 Å². The van der Waals surface area contributed by atoms with Crippen LogP contribution in [0.5, 0.6) is 5.75 Å². The lowest BCUT2D eigenvalue weighted by atomic mass is 9.62. The summed E-state index contributed by atoms with van der Waals surface area (Å²) >= 11 is 6.03. The van der Waals surface area contributed by atoms with Gasteiger partial charge in [0.1, 0.15) is 19.3 Å². The van der Waals surface area contributed by atoms with Crippen molar-refractivity contribution in [3.05, 3.63) is 45.5 Å². The van der Waals surface area contributed by atoms with Gasteiger partial charge in [0.2, 0.25) is 0 Å². The van der Waals surface area contributed by atoms with E-state index in [2.05, 4.69) is 4.52 Å². The largest absolute Gasteiger partial charge is 0.780 e. The van der Waals surface area contributed by atoms with Gasteiger partial charge < -0.3 is 23.6 Å². The number of hydrogen-bond donors (Lipinski definition) is 0. The molecule has 1 aromatic rings. The molecule has 3 aliphatic carbocycles. The molecule has 1 aromatic carbocycles. The molecule has 0 aromatic heterocycles. The van der Waals surface area contributed by atoms with Crippen molar-refractivity contribution in [2.45, 2.75) is 51.4 Å². The lowest BCUT2D eigenvalue weighted by molar-refractivity contribution is -0.333. The van der Waals surface area contributed by atoms with Gasteiger partial charge in [0.05, 0.1) is 12.1 Å². The van der Waals surface area contributed by atoms with Crippen LogP contribution in [-0.4, -0.2) is 7.11 Å². The van der Waals surface area contributed by atoms with Gasteiger partial charge in [-0.25, -0.2) is 0 Å². The topological polar surface area (TPSA) is 81.7 Å². The monoisotopic (exact) mass is 422 g/mol. The van der Waals surface area contributed by atoms with E-state index in [9.17, 15) is 14.4 Å². The Bertz CT molecular complexity index is 885. The second-order valence-corrected chi connectivity index (χ2v) is 9.38. The molecule has 0 heterocycles. The first kappa shape index (κ1) is 20.0. The fourth-order valence-corrected chi connectivity index (χ4v) is 5.86. The number of ether oxygens (including phenoxy) is 1. The maximum atomic E-state index is 11.1. The minimum absolute atomic E-state index is 0.0808. The molecule has 2 unspecified atom stereocenters. The SMILES string of the molecule is CO/C(=C1\C2CCCC1C1=C(CCCC1)C2)c1ccc(Cl)c(OP(=O)([O-])[O-])c1. The second kappa shape index (κ2) is 7.87. The standard InChI is InChI=1S/C21H26ClO5P/c1-26-21(15-9-10-18(22)19(12-15)27-28(23,24)25)20-14-6-4-8-17(20)16-7-3-2-5-13(16)11-14/h9-10,12,14,17H,2-8,11H2,1H3,(H2,23,24,25)/p-2/b21-20+. The van der Waals surface area contributed by atoms with Crippen molar-refractivity contribution in [1.29, 1.82) is 0 Å². The van der Waals surface area contributed by atoms with Gasteiger partial charge in [0.25, 0.3) is 0 Å². The lowest BCUT2D eigenvalue weighted by Gasteiger charge is -2.43. The van der Waals surface area contributed by atoms with Crippen molar-refractivity contribution >= 4 is 25.2 Å². The zero-order chi connectivity index (χ0) is 19.9. The fraction of sp³-hybridized carbons (Fsp3) is 0.524. The summed E-state index contributed by atoms with van der Waals surface area (Å²) in [5.74, 6) is 1.47. The lowest BCUT2D eigenvalue weighted by Crippen LogP contribution is -2.30. The van der Waals surface area contributed by atoms with Crippen LogP contribution < -0.4 is 14.3 Å². The molecule has 0 N–H and O–H groups in total. The van der Waals surface area contributed by atoms with E-state index < -0.39 is 7.82 Å². The number of allylic oxidation sites excluding steroid dienone is 3. The van der Waals surface area contributed by atoms with Crippen molar-refractivity contribution in [2.75, 3.05) is 7.11 Å². The first-order valence-electron chi connectivity index (χ1n) is 9.88. The van der Waals surface area contributed by atoms with Crippen LogP contribution in [0.1, 0.15) is 56.9 Å². The van der Waals surface area contributed by atoms with Crippen LogP contribution in [0.15, 0.2) is 34.9 Å². The Morgan fingerprint density at radius 2 is 1.96 bits per heavy atom. The summed E-state index contributed by atoms with van der Waals surface area (Å²) in [5.41, 5.74) is 5.26. The van der Waals surface area contributed by atoms with Crippen LogP contribution in [0.2, 0.25) is 5.02 Å². The molecule has 0 aliphatic heterocycles. The van der Waals surface area contributed by atoms with Crippen molar-refractivity contribution in [2.24, 2.45) is 11.8 Å². The quantitative estimate of drug-likeness (QED) is 0.402. The fourth-order valence-electron chi connectivity index (χ4n) is 5.26. The molecule has 0 radical (unpaired) electrons. The van der Waals surface area contributed by atoms with E-state index in [1.54, 1.807) is 30.4 Å². The normalized spacial score (nSPS) is 26.6. The van der Waals surface area contributed by atoms with Crippen LogP contribution in [0, 0.1) is 11.8 Å². The minimum atomic E-state index is -5.19. The molecular formula is C21H24ClO5P-2. The highest BCUT2D eigenvalue weighted by Crippen LogP contribution is 2.53. The van der Waals surface area contributed by atoms with Gasteiger partial charge in [0.15, 0.2) is 0 Å². The Kier molecular flexibility index (Phi) is 5.63. The average Bonchev–Trinajstić information content (AvgIpc) is 2.64. The molecule has 152 valence electrons. The number of fused-ring (bicyclic) bond motifs is 3. The third-order valence-corrected chi connectivity index (χ3v) is 7.01. The highest BCUT2D eigenvalue weighted by atomic mass is 35.5. The van der Waals surface area contributed by atoms with Crippen molar-refractivity contribution in [3.8, 4) is 5.75 Å². The number of methoxy groups -OCH3 is 1. The number of phosphoric acid groups is 1. The van der Waals surface area contributed by atoms with E-state index in [-0.39, 0.29) is 10.8 Å². The number of halogens is 1. The molecule has 2 bridgehead atoms. The summed E-state index contributed by atoms with van der Waals surface area (Å²) < 4.78 is 21.5. The van der Waals surface area contributed by atoms with Gasteiger partial charge >= 0.3 is 0 Å². The average molecular weight is 423 g/mol. The van der Waals surface area contributed by atoms with Gasteiger partial charge in [-0.1, -0.05) is 29.2 Å². The van der Waals surface area contributed by atoms with E-state index in [0.29, 0.717) is 17.4 Å². The molecule has 5 nitrogen and oxygen atoms in total. The molecule has 0 saturated heterocycles. The molecule has 7 heteroatoms. The highest BCUT2D eigenvalue weighted by molar-refractivity contribution is 7.43. The van der Waals surface area contributed by atoms with Crippen LogP contribution in [0.25, 0.3) is 5.76 Å². The maximum absolute atomic E-state index is 11.1. The molecule has 3 aliphatic rings. The van der Waals surface area contributed by atoms with E-state index in [1.165, 1.54) is 37.3 Å². The van der Waals surface area contributed by atoms with Crippen LogP contribution in [0.3, 0.4) is 0 Å².